The fourth-order valence-electron chi connectivity index (χ4n) is 5.06. The molecule has 0 aliphatic carbocycles. The van der Waals surface area contributed by atoms with Crippen LogP contribution in [0.5, 0.6) is 0 Å². The Kier molecular flexibility index (Phi) is 37.3. The van der Waals surface area contributed by atoms with Gasteiger partial charge in [0.2, 0.25) is 0 Å². The summed E-state index contributed by atoms with van der Waals surface area (Å²) in [6.07, 6.45) is 0. The van der Waals surface area contributed by atoms with Crippen molar-refractivity contribution < 1.29 is 31.1 Å². The molecular weight excluding hydrogens is 875 g/mol. The van der Waals surface area contributed by atoms with Gasteiger partial charge in [-0.1, -0.05) is 166 Å². The smallest absolute Gasteiger partial charge is 0.421 e. The standard InChI is InChI=1S/3C13H28N3.N3.U/c3*1-9(2)14-13(15-10(3)4)16(11(5)6)12(7)8;1-3-2;/h3*9-12H,1-8H3;;/q4*-1;+4. The summed E-state index contributed by atoms with van der Waals surface area (Å²) < 4.78 is 0. The van der Waals surface area contributed by atoms with Crippen molar-refractivity contribution >= 4 is 17.9 Å². The number of hydrogen-bond donors (Lipinski definition) is 0. The van der Waals surface area contributed by atoms with Crippen molar-refractivity contribution in [3.05, 3.63) is 31.9 Å². The van der Waals surface area contributed by atoms with Gasteiger partial charge in [-0.3, -0.25) is 4.91 Å². The van der Waals surface area contributed by atoms with Gasteiger partial charge in [-0.05, 0) is 72.5 Å². The van der Waals surface area contributed by atoms with Crippen LogP contribution in [0, 0.1) is 31.1 Å². The molecule has 0 atom stereocenters. The third-order valence-corrected chi connectivity index (χ3v) is 6.27. The van der Waals surface area contributed by atoms with E-state index >= 15 is 0 Å². The fourth-order valence-corrected chi connectivity index (χ4v) is 5.06. The molecule has 0 aromatic rings. The zero-order valence-corrected chi connectivity index (χ0v) is 42.5. The summed E-state index contributed by atoms with van der Waals surface area (Å²) in [6.45, 7) is 51.3. The van der Waals surface area contributed by atoms with Crippen molar-refractivity contribution in [2.24, 2.45) is 15.0 Å². The second-order valence-electron chi connectivity index (χ2n) is 16.1. The molecule has 0 aromatic carbocycles. The first-order chi connectivity index (χ1) is 23.2. The van der Waals surface area contributed by atoms with Crippen LogP contribution in [0.3, 0.4) is 0 Å². The maximum Gasteiger partial charge on any atom is 4.00 e. The fraction of sp³-hybridized carbons (Fsp3) is 0.923. The quantitative estimate of drug-likeness (QED) is 0.0630. The molecule has 0 amide bonds. The van der Waals surface area contributed by atoms with Crippen LogP contribution in [0.25, 0.3) is 31.9 Å². The summed E-state index contributed by atoms with van der Waals surface area (Å²) in [6, 6.07) is 4.32. The molecule has 0 rings (SSSR count). The maximum atomic E-state index is 6.75. The van der Waals surface area contributed by atoms with E-state index in [1.54, 1.807) is 0 Å². The van der Waals surface area contributed by atoms with E-state index in [1.165, 1.54) is 4.91 Å². The Morgan fingerprint density at radius 1 is 0.365 bits per heavy atom. The van der Waals surface area contributed by atoms with Gasteiger partial charge in [-0.25, -0.2) is 0 Å². The molecule has 0 unspecified atom stereocenters. The first kappa shape index (κ1) is 59.5. The summed E-state index contributed by atoms with van der Waals surface area (Å²) in [7, 11) is 0. The topological polar surface area (TPSA) is 148 Å². The van der Waals surface area contributed by atoms with Crippen LogP contribution in [-0.4, -0.2) is 105 Å². The van der Waals surface area contributed by atoms with Crippen molar-refractivity contribution in [3.8, 4) is 0 Å². The summed E-state index contributed by atoms with van der Waals surface area (Å²) in [5, 5.41) is 13.9. The van der Waals surface area contributed by atoms with Gasteiger partial charge >= 0.3 is 31.1 Å². The Labute approximate surface area is 347 Å². The van der Waals surface area contributed by atoms with Crippen LogP contribution < -0.4 is 0 Å². The molecule has 52 heavy (non-hydrogen) atoms. The molecule has 0 fully saturated rings. The van der Waals surface area contributed by atoms with Crippen LogP contribution in [-0.2, 0) is 0 Å². The zero-order chi connectivity index (χ0) is 41.3. The van der Waals surface area contributed by atoms with Crippen LogP contribution in [0.1, 0.15) is 166 Å². The van der Waals surface area contributed by atoms with Crippen molar-refractivity contribution in [2.75, 3.05) is 0 Å². The maximum absolute atomic E-state index is 6.75. The second kappa shape index (κ2) is 32.6. The molecule has 0 radical (unpaired) electrons. The molecule has 0 bridgehead atoms. The van der Waals surface area contributed by atoms with Gasteiger partial charge in [0.15, 0.2) is 0 Å². The molecule has 0 N–H and O–H groups in total. The minimum Gasteiger partial charge on any atom is -0.421 e. The Morgan fingerprint density at radius 3 is 0.577 bits per heavy atom. The molecule has 0 saturated carbocycles. The zero-order valence-electron chi connectivity index (χ0n) is 38.3. The SMILES string of the molecule is CC(C)N=C([N-]C(C)C)N(C(C)C)C(C)C.CC(C)N=C([N-]C(C)C)N(C(C)C)C(C)C.CC(C)N=C([N-]C(C)C)N(C(C)C)C(C)C.[N-]=[N+]=[N-].[U+4]. The van der Waals surface area contributed by atoms with Crippen LogP contribution in [0.2, 0.25) is 0 Å². The Bertz CT molecular complexity index is 838. The van der Waals surface area contributed by atoms with Gasteiger partial charge in [-0.15, -0.1) is 0 Å². The van der Waals surface area contributed by atoms with Gasteiger partial charge < -0.3 is 56.7 Å². The predicted octanol–water partition coefficient (Wildman–Crippen LogP) is 11.8. The van der Waals surface area contributed by atoms with E-state index in [0.717, 1.165) is 17.9 Å². The molecule has 12 nitrogen and oxygen atoms in total. The van der Waals surface area contributed by atoms with E-state index in [9.17, 15) is 0 Å². The minimum atomic E-state index is 0. The van der Waals surface area contributed by atoms with E-state index in [1.807, 2.05) is 0 Å². The third-order valence-electron chi connectivity index (χ3n) is 6.27. The van der Waals surface area contributed by atoms with Gasteiger partial charge in [0, 0.05) is 17.9 Å². The summed E-state index contributed by atoms with van der Waals surface area (Å²) >= 11 is 0. The van der Waals surface area contributed by atoms with Crippen molar-refractivity contribution in [2.45, 2.75) is 239 Å². The molecular formula is C39H84N12U. The van der Waals surface area contributed by atoms with Crippen LogP contribution >= 0.6 is 0 Å². The molecule has 304 valence electrons. The summed E-state index contributed by atoms with van der Waals surface area (Å²) in [5.41, 5.74) is 13.5. The largest absolute Gasteiger partial charge is 4.00 e. The van der Waals surface area contributed by atoms with E-state index in [4.69, 9.17) is 11.1 Å². The average Bonchev–Trinajstić information content (AvgIpc) is 2.86. The first-order valence-corrected chi connectivity index (χ1v) is 19.4. The minimum absolute atomic E-state index is 0. The van der Waals surface area contributed by atoms with Crippen LogP contribution in [0.15, 0.2) is 15.0 Å². The molecule has 0 spiro atoms. The van der Waals surface area contributed by atoms with E-state index < -0.39 is 0 Å². The van der Waals surface area contributed by atoms with E-state index in [-0.39, 0.29) is 67.4 Å². The van der Waals surface area contributed by atoms with E-state index in [2.05, 4.69) is 212 Å². The van der Waals surface area contributed by atoms with Gasteiger partial charge in [0.1, 0.15) is 0 Å². The molecule has 0 aromatic heterocycles. The number of aliphatic imine (C=N–C) groups is 3. The van der Waals surface area contributed by atoms with Crippen molar-refractivity contribution in [1.82, 2.24) is 14.7 Å². The van der Waals surface area contributed by atoms with Crippen molar-refractivity contribution in [3.63, 3.8) is 0 Å². The normalized spacial score (nSPS) is 12.3. The molecule has 0 saturated heterocycles. The molecule has 13 heteroatoms. The molecule has 0 aliphatic heterocycles. The van der Waals surface area contributed by atoms with Gasteiger partial charge in [-0.2, -0.15) is 0 Å². The van der Waals surface area contributed by atoms with Gasteiger partial charge in [0.25, 0.3) is 0 Å². The Hall–Kier alpha value is -1.83. The average molecular weight is 959 g/mol. The number of guanidine groups is 3. The summed E-state index contributed by atoms with van der Waals surface area (Å²) in [4.78, 5) is 22.2. The van der Waals surface area contributed by atoms with E-state index in [0.29, 0.717) is 36.3 Å². The number of nitrogens with zero attached hydrogens (tertiary/aromatic N) is 12. The monoisotopic (exact) mass is 959 g/mol. The third kappa shape index (κ3) is 31.7. The predicted molar refractivity (Wildman–Crippen MR) is 230 cm³/mol. The van der Waals surface area contributed by atoms with Crippen molar-refractivity contribution in [1.29, 1.82) is 0 Å². The first-order valence-electron chi connectivity index (χ1n) is 19.4. The molecule has 0 heterocycles. The summed E-state index contributed by atoms with van der Waals surface area (Å²) in [5.74, 6) is 2.69. The van der Waals surface area contributed by atoms with Gasteiger partial charge in [0.05, 0.1) is 0 Å². The molecule has 0 aliphatic rings. The number of rotatable bonds is 12. The van der Waals surface area contributed by atoms with Crippen LogP contribution in [0.4, 0.5) is 0 Å². The number of hydrogen-bond acceptors (Lipinski definition) is 3. The second-order valence-corrected chi connectivity index (χ2v) is 16.1. The Morgan fingerprint density at radius 2 is 0.500 bits per heavy atom. The Balaban J connectivity index is -0.000000202.